The lowest BCUT2D eigenvalue weighted by atomic mass is 10.2. The Balaban J connectivity index is 1.99. The molecule has 0 aliphatic carbocycles. The molecule has 2 rings (SSSR count). The molecule has 0 amide bonds. The third kappa shape index (κ3) is 5.07. The smallest absolute Gasteiger partial charge is 0.377 e. The molecule has 0 aliphatic heterocycles. The molecule has 0 spiro atoms. The molecule has 0 heterocycles. The van der Waals surface area contributed by atoms with Crippen molar-refractivity contribution in [3.8, 4) is 0 Å². The summed E-state index contributed by atoms with van der Waals surface area (Å²) in [5.41, 5.74) is 2.27. The van der Waals surface area contributed by atoms with Gasteiger partial charge < -0.3 is 13.3 Å². The van der Waals surface area contributed by atoms with Crippen molar-refractivity contribution in [2.75, 3.05) is 7.11 Å². The Labute approximate surface area is 134 Å². The van der Waals surface area contributed by atoms with Gasteiger partial charge in [-0.1, -0.05) is 74.0 Å². The first-order valence-corrected chi connectivity index (χ1v) is 9.62. The quantitative estimate of drug-likeness (QED) is 0.641. The van der Waals surface area contributed by atoms with Crippen molar-refractivity contribution in [3.63, 3.8) is 0 Å². The SMILES string of the molecule is CCC[Si](OC)(OCc1ccccc1)OCc1ccccc1. The molecule has 0 N–H and O–H groups in total. The monoisotopic (exact) mass is 316 g/mol. The number of hydrogen-bond donors (Lipinski definition) is 0. The highest BCUT2D eigenvalue weighted by molar-refractivity contribution is 6.60. The molecule has 118 valence electrons. The first-order chi connectivity index (χ1) is 10.8. The van der Waals surface area contributed by atoms with Gasteiger partial charge >= 0.3 is 8.80 Å². The Morgan fingerprint density at radius 3 is 1.59 bits per heavy atom. The summed E-state index contributed by atoms with van der Waals surface area (Å²) in [6.07, 6.45) is 0.976. The summed E-state index contributed by atoms with van der Waals surface area (Å²) in [5, 5.41) is 0. The topological polar surface area (TPSA) is 27.7 Å². The number of benzene rings is 2. The Morgan fingerprint density at radius 1 is 0.773 bits per heavy atom. The summed E-state index contributed by atoms with van der Waals surface area (Å²) in [6.45, 7) is 3.17. The minimum absolute atomic E-state index is 0.524. The molecule has 0 unspecified atom stereocenters. The highest BCUT2D eigenvalue weighted by Gasteiger charge is 2.39. The molecule has 0 aliphatic rings. The Kier molecular flexibility index (Phi) is 6.80. The minimum atomic E-state index is -2.64. The zero-order valence-corrected chi connectivity index (χ0v) is 14.3. The fraction of sp³-hybridized carbons (Fsp3) is 0.333. The lowest BCUT2D eigenvalue weighted by Crippen LogP contribution is -2.44. The second-order valence-electron chi connectivity index (χ2n) is 5.19. The van der Waals surface area contributed by atoms with Gasteiger partial charge in [-0.25, -0.2) is 0 Å². The van der Waals surface area contributed by atoms with E-state index in [4.69, 9.17) is 13.3 Å². The van der Waals surface area contributed by atoms with Gasteiger partial charge in [0.25, 0.3) is 0 Å². The summed E-state index contributed by atoms with van der Waals surface area (Å²) in [4.78, 5) is 0. The van der Waals surface area contributed by atoms with Crippen molar-refractivity contribution >= 4 is 8.80 Å². The van der Waals surface area contributed by atoms with Crippen LogP contribution in [-0.2, 0) is 26.5 Å². The summed E-state index contributed by atoms with van der Waals surface area (Å²) in [5.74, 6) is 0. The van der Waals surface area contributed by atoms with E-state index >= 15 is 0 Å². The van der Waals surface area contributed by atoms with Gasteiger partial charge in [-0.05, 0) is 11.1 Å². The van der Waals surface area contributed by atoms with Gasteiger partial charge in [0.05, 0.1) is 13.2 Å². The minimum Gasteiger partial charge on any atom is -0.377 e. The van der Waals surface area contributed by atoms with Crippen LogP contribution in [0.1, 0.15) is 24.5 Å². The first-order valence-electron chi connectivity index (χ1n) is 7.69. The van der Waals surface area contributed by atoms with Crippen molar-refractivity contribution in [1.82, 2.24) is 0 Å². The maximum absolute atomic E-state index is 6.12. The van der Waals surface area contributed by atoms with Crippen LogP contribution in [0.25, 0.3) is 0 Å². The van der Waals surface area contributed by atoms with Crippen LogP contribution < -0.4 is 0 Å². The molecule has 2 aromatic carbocycles. The molecule has 2 aromatic rings. The molecule has 4 heteroatoms. The third-order valence-electron chi connectivity index (χ3n) is 3.47. The molecule has 0 aromatic heterocycles. The molecule has 0 radical (unpaired) electrons. The standard InChI is InChI=1S/C18H24O3Si/c1-3-14-22(19-2,20-15-17-10-6-4-7-11-17)21-16-18-12-8-5-9-13-18/h4-13H,3,14-16H2,1-2H3. The molecule has 22 heavy (non-hydrogen) atoms. The van der Waals surface area contributed by atoms with Crippen LogP contribution in [0.5, 0.6) is 0 Å². The van der Waals surface area contributed by atoms with E-state index in [1.54, 1.807) is 7.11 Å². The average molecular weight is 316 g/mol. The van der Waals surface area contributed by atoms with Crippen LogP contribution >= 0.6 is 0 Å². The number of hydrogen-bond acceptors (Lipinski definition) is 3. The summed E-state index contributed by atoms with van der Waals surface area (Å²) >= 11 is 0. The van der Waals surface area contributed by atoms with Gasteiger partial charge in [-0.15, -0.1) is 0 Å². The summed E-state index contributed by atoms with van der Waals surface area (Å²) < 4.78 is 18.0. The lowest BCUT2D eigenvalue weighted by Gasteiger charge is -2.28. The highest BCUT2D eigenvalue weighted by atomic mass is 28.4. The van der Waals surface area contributed by atoms with E-state index in [1.165, 1.54) is 0 Å². The molecule has 0 atom stereocenters. The molecule has 0 saturated carbocycles. The first kappa shape index (κ1) is 16.9. The normalized spacial score (nSPS) is 11.5. The van der Waals surface area contributed by atoms with Crippen LogP contribution in [0.2, 0.25) is 6.04 Å². The Hall–Kier alpha value is -1.46. The second kappa shape index (κ2) is 8.85. The highest BCUT2D eigenvalue weighted by Crippen LogP contribution is 2.21. The predicted molar refractivity (Wildman–Crippen MR) is 90.3 cm³/mol. The fourth-order valence-electron chi connectivity index (χ4n) is 2.25. The van der Waals surface area contributed by atoms with E-state index in [9.17, 15) is 0 Å². The largest absolute Gasteiger partial charge is 0.501 e. The maximum atomic E-state index is 6.12. The van der Waals surface area contributed by atoms with Crippen molar-refractivity contribution in [3.05, 3.63) is 71.8 Å². The Morgan fingerprint density at radius 2 is 1.23 bits per heavy atom. The van der Waals surface area contributed by atoms with E-state index in [-0.39, 0.29) is 0 Å². The van der Waals surface area contributed by atoms with E-state index in [1.807, 2.05) is 36.4 Å². The molecule has 3 nitrogen and oxygen atoms in total. The van der Waals surface area contributed by atoms with Gasteiger partial charge in [0, 0.05) is 13.2 Å². The van der Waals surface area contributed by atoms with Crippen LogP contribution in [-0.4, -0.2) is 15.9 Å². The lowest BCUT2D eigenvalue weighted by molar-refractivity contribution is 0.0650. The van der Waals surface area contributed by atoms with Crippen molar-refractivity contribution < 1.29 is 13.3 Å². The maximum Gasteiger partial charge on any atom is 0.501 e. The van der Waals surface area contributed by atoms with E-state index in [2.05, 4.69) is 31.2 Å². The zero-order valence-electron chi connectivity index (χ0n) is 13.3. The average Bonchev–Trinajstić information content (AvgIpc) is 2.59. The zero-order chi connectivity index (χ0) is 15.7. The molecule has 0 bridgehead atoms. The van der Waals surface area contributed by atoms with Crippen molar-refractivity contribution in [2.24, 2.45) is 0 Å². The van der Waals surface area contributed by atoms with Crippen LogP contribution in [0, 0.1) is 0 Å². The van der Waals surface area contributed by atoms with Gasteiger partial charge in [0.1, 0.15) is 0 Å². The predicted octanol–water partition coefficient (Wildman–Crippen LogP) is 4.42. The van der Waals surface area contributed by atoms with Gasteiger partial charge in [-0.3, -0.25) is 0 Å². The van der Waals surface area contributed by atoms with Gasteiger partial charge in [-0.2, -0.15) is 0 Å². The molecular weight excluding hydrogens is 292 g/mol. The van der Waals surface area contributed by atoms with E-state index in [0.717, 1.165) is 23.6 Å². The third-order valence-corrected chi connectivity index (χ3v) is 6.37. The van der Waals surface area contributed by atoms with Crippen LogP contribution in [0.4, 0.5) is 0 Å². The van der Waals surface area contributed by atoms with Gasteiger partial charge in [0.2, 0.25) is 0 Å². The second-order valence-corrected chi connectivity index (χ2v) is 8.04. The van der Waals surface area contributed by atoms with Crippen molar-refractivity contribution in [1.29, 1.82) is 0 Å². The van der Waals surface area contributed by atoms with Crippen LogP contribution in [0.15, 0.2) is 60.7 Å². The Bertz CT molecular complexity index is 487. The summed E-state index contributed by atoms with van der Waals surface area (Å²) in [6, 6.07) is 21.1. The van der Waals surface area contributed by atoms with Crippen LogP contribution in [0.3, 0.4) is 0 Å². The van der Waals surface area contributed by atoms with E-state index < -0.39 is 8.80 Å². The molecular formula is C18H24O3Si. The van der Waals surface area contributed by atoms with Crippen molar-refractivity contribution in [2.45, 2.75) is 32.6 Å². The van der Waals surface area contributed by atoms with Gasteiger partial charge in [0.15, 0.2) is 0 Å². The molecule has 0 fully saturated rings. The summed E-state index contributed by atoms with van der Waals surface area (Å²) in [7, 11) is -0.943. The van der Waals surface area contributed by atoms with E-state index in [0.29, 0.717) is 13.2 Å². The number of rotatable bonds is 9. The fourth-order valence-corrected chi connectivity index (χ4v) is 4.44. The molecule has 0 saturated heterocycles.